The zero-order valence-corrected chi connectivity index (χ0v) is 12.7. The highest BCUT2D eigenvalue weighted by atomic mass is 32.1. The van der Waals surface area contributed by atoms with Crippen molar-refractivity contribution in [3.05, 3.63) is 24.5 Å². The van der Waals surface area contributed by atoms with Gasteiger partial charge in [0, 0.05) is 18.9 Å². The van der Waals surface area contributed by atoms with Gasteiger partial charge >= 0.3 is 0 Å². The number of nitrogens with one attached hydrogen (secondary N) is 1. The van der Waals surface area contributed by atoms with Crippen molar-refractivity contribution in [1.29, 1.82) is 0 Å². The zero-order chi connectivity index (χ0) is 14.7. The molecule has 2 aromatic rings. The summed E-state index contributed by atoms with van der Waals surface area (Å²) in [6.07, 6.45) is 8.62. The zero-order valence-electron chi connectivity index (χ0n) is 11.9. The van der Waals surface area contributed by atoms with Gasteiger partial charge in [-0.15, -0.1) is 0 Å². The van der Waals surface area contributed by atoms with Crippen molar-refractivity contribution < 1.29 is 5.11 Å². The summed E-state index contributed by atoms with van der Waals surface area (Å²) >= 11 is 1.34. The summed E-state index contributed by atoms with van der Waals surface area (Å²) in [6, 6.07) is 3.83. The number of hydrogen-bond acceptors (Lipinski definition) is 6. The van der Waals surface area contributed by atoms with Crippen LogP contribution in [0.3, 0.4) is 0 Å². The molecule has 1 aliphatic rings. The van der Waals surface area contributed by atoms with Crippen LogP contribution < -0.4 is 11.1 Å². The van der Waals surface area contributed by atoms with Crippen molar-refractivity contribution in [2.45, 2.75) is 37.7 Å². The summed E-state index contributed by atoms with van der Waals surface area (Å²) in [6.45, 7) is 0.548. The summed E-state index contributed by atoms with van der Waals surface area (Å²) in [4.78, 5) is 4.03. The van der Waals surface area contributed by atoms with Crippen LogP contribution in [0.5, 0.6) is 0 Å². The van der Waals surface area contributed by atoms with E-state index in [1.165, 1.54) is 18.0 Å². The number of nitrogen functional groups attached to an aromatic ring is 1. The lowest BCUT2D eigenvalue weighted by atomic mass is 9.85. The van der Waals surface area contributed by atoms with Gasteiger partial charge in [-0.2, -0.15) is 4.37 Å². The molecule has 0 atom stereocenters. The molecule has 4 N–H and O–H groups in total. The van der Waals surface area contributed by atoms with E-state index < -0.39 is 5.60 Å². The third kappa shape index (κ3) is 3.16. The van der Waals surface area contributed by atoms with Gasteiger partial charge in [0.05, 0.1) is 11.2 Å². The van der Waals surface area contributed by atoms with Crippen LogP contribution >= 0.6 is 11.5 Å². The minimum Gasteiger partial charge on any atom is -0.388 e. The van der Waals surface area contributed by atoms with Gasteiger partial charge in [0.25, 0.3) is 0 Å². The van der Waals surface area contributed by atoms with E-state index in [4.69, 9.17) is 5.73 Å². The molecule has 6 heteroatoms. The smallest absolute Gasteiger partial charge is 0.147 e. The molecule has 2 heterocycles. The Kier molecular flexibility index (Phi) is 4.07. The van der Waals surface area contributed by atoms with Gasteiger partial charge in [-0.25, -0.2) is 0 Å². The Hall–Kier alpha value is -1.66. The number of rotatable bonds is 4. The number of anilines is 2. The van der Waals surface area contributed by atoms with Gasteiger partial charge in [-0.3, -0.25) is 4.98 Å². The van der Waals surface area contributed by atoms with Crippen molar-refractivity contribution in [1.82, 2.24) is 9.36 Å². The van der Waals surface area contributed by atoms with Crippen LogP contribution in [0.15, 0.2) is 24.5 Å². The number of nitrogens with two attached hydrogens (primary N) is 1. The normalized spacial score (nSPS) is 17.6. The third-order valence-corrected chi connectivity index (χ3v) is 4.87. The molecule has 0 aliphatic heterocycles. The molecule has 0 aromatic carbocycles. The minimum atomic E-state index is -0.605. The lowest BCUT2D eigenvalue weighted by Crippen LogP contribution is -2.38. The topological polar surface area (TPSA) is 84.1 Å². The first kappa shape index (κ1) is 14.3. The van der Waals surface area contributed by atoms with Crippen molar-refractivity contribution in [3.8, 4) is 11.1 Å². The van der Waals surface area contributed by atoms with Gasteiger partial charge < -0.3 is 16.2 Å². The molecule has 3 rings (SSSR count). The lowest BCUT2D eigenvalue weighted by Gasteiger charge is -2.32. The SMILES string of the molecule is Nc1nsc(NCC2(O)CCCCC2)c1-c1ccncc1. The fourth-order valence-electron chi connectivity index (χ4n) is 2.85. The lowest BCUT2D eigenvalue weighted by molar-refractivity contribution is 0.0168. The second-order valence-corrected chi connectivity index (χ2v) is 6.42. The van der Waals surface area contributed by atoms with E-state index in [1.807, 2.05) is 12.1 Å². The van der Waals surface area contributed by atoms with E-state index in [-0.39, 0.29) is 0 Å². The van der Waals surface area contributed by atoms with Crippen LogP contribution in [0.4, 0.5) is 10.8 Å². The quantitative estimate of drug-likeness (QED) is 0.809. The number of nitrogens with zero attached hydrogens (tertiary/aromatic N) is 2. The summed E-state index contributed by atoms with van der Waals surface area (Å²) in [5.74, 6) is 0.518. The predicted molar refractivity (Wildman–Crippen MR) is 86.3 cm³/mol. The first-order chi connectivity index (χ1) is 10.2. The van der Waals surface area contributed by atoms with Gasteiger partial charge in [-0.05, 0) is 42.1 Å². The standard InChI is InChI=1S/C15H20N4OS/c16-13-12(11-4-8-17-9-5-11)14(21-19-13)18-10-15(20)6-2-1-3-7-15/h4-5,8-9,18,20H,1-3,6-7,10H2,(H2,16,19). The van der Waals surface area contributed by atoms with Gasteiger partial charge in [0.15, 0.2) is 0 Å². The Balaban J connectivity index is 1.77. The van der Waals surface area contributed by atoms with E-state index in [1.54, 1.807) is 12.4 Å². The number of aromatic nitrogens is 2. The Bertz CT molecular complexity index is 593. The highest BCUT2D eigenvalue weighted by molar-refractivity contribution is 7.11. The van der Waals surface area contributed by atoms with E-state index >= 15 is 0 Å². The first-order valence-corrected chi connectivity index (χ1v) is 8.07. The van der Waals surface area contributed by atoms with Crippen molar-refractivity contribution >= 4 is 22.4 Å². The molecule has 2 aromatic heterocycles. The van der Waals surface area contributed by atoms with Gasteiger partial charge in [-0.1, -0.05) is 19.3 Å². The van der Waals surface area contributed by atoms with Crippen molar-refractivity contribution in [3.63, 3.8) is 0 Å². The molecular weight excluding hydrogens is 284 g/mol. The van der Waals surface area contributed by atoms with Crippen LogP contribution in [0.1, 0.15) is 32.1 Å². The maximum absolute atomic E-state index is 10.6. The molecule has 0 saturated heterocycles. The second kappa shape index (κ2) is 5.99. The molecule has 0 unspecified atom stereocenters. The first-order valence-electron chi connectivity index (χ1n) is 7.30. The number of pyridine rings is 1. The monoisotopic (exact) mass is 304 g/mol. The van der Waals surface area contributed by atoms with E-state index in [2.05, 4.69) is 14.7 Å². The van der Waals surface area contributed by atoms with Crippen LogP contribution in [-0.4, -0.2) is 26.6 Å². The molecule has 21 heavy (non-hydrogen) atoms. The average Bonchev–Trinajstić information content (AvgIpc) is 2.88. The Labute approximate surface area is 128 Å². The van der Waals surface area contributed by atoms with Crippen molar-refractivity contribution in [2.75, 3.05) is 17.6 Å². The molecule has 0 amide bonds. The highest BCUT2D eigenvalue weighted by Gasteiger charge is 2.29. The molecule has 0 spiro atoms. The second-order valence-electron chi connectivity index (χ2n) is 5.65. The molecule has 1 saturated carbocycles. The van der Waals surface area contributed by atoms with Crippen LogP contribution in [-0.2, 0) is 0 Å². The minimum absolute atomic E-state index is 0.518. The highest BCUT2D eigenvalue weighted by Crippen LogP contribution is 2.37. The summed E-state index contributed by atoms with van der Waals surface area (Å²) < 4.78 is 4.23. The Morgan fingerprint density at radius 2 is 1.95 bits per heavy atom. The van der Waals surface area contributed by atoms with Crippen LogP contribution in [0, 0.1) is 0 Å². The number of aliphatic hydroxyl groups is 1. The molecule has 1 aliphatic carbocycles. The van der Waals surface area contributed by atoms with Crippen LogP contribution in [0.2, 0.25) is 0 Å². The molecular formula is C15H20N4OS. The molecule has 0 bridgehead atoms. The van der Waals surface area contributed by atoms with E-state index in [9.17, 15) is 5.11 Å². The maximum atomic E-state index is 10.6. The number of hydrogen-bond donors (Lipinski definition) is 3. The molecule has 112 valence electrons. The van der Waals surface area contributed by atoms with Gasteiger partial charge in [0.1, 0.15) is 10.8 Å². The molecule has 5 nitrogen and oxygen atoms in total. The van der Waals surface area contributed by atoms with E-state index in [0.717, 1.165) is 41.8 Å². The summed E-state index contributed by atoms with van der Waals surface area (Å²) in [7, 11) is 0. The third-order valence-electron chi connectivity index (χ3n) is 4.05. The van der Waals surface area contributed by atoms with E-state index in [0.29, 0.717) is 12.4 Å². The fraction of sp³-hybridized carbons (Fsp3) is 0.467. The molecule has 1 fully saturated rings. The maximum Gasteiger partial charge on any atom is 0.147 e. The largest absolute Gasteiger partial charge is 0.388 e. The average molecular weight is 304 g/mol. The predicted octanol–water partition coefficient (Wildman–Crippen LogP) is 2.89. The summed E-state index contributed by atoms with van der Waals surface area (Å²) in [5, 5.41) is 14.8. The Morgan fingerprint density at radius 3 is 2.67 bits per heavy atom. The van der Waals surface area contributed by atoms with Gasteiger partial charge in [0.2, 0.25) is 0 Å². The van der Waals surface area contributed by atoms with Crippen molar-refractivity contribution in [2.24, 2.45) is 0 Å². The fourth-order valence-corrected chi connectivity index (χ4v) is 3.58. The molecule has 0 radical (unpaired) electrons. The Morgan fingerprint density at radius 1 is 1.24 bits per heavy atom. The summed E-state index contributed by atoms with van der Waals surface area (Å²) in [5.41, 5.74) is 7.29. The van der Waals surface area contributed by atoms with Crippen LogP contribution in [0.25, 0.3) is 11.1 Å².